The van der Waals surface area contributed by atoms with E-state index in [1.165, 1.54) is 12.8 Å². The molecule has 1 aromatic rings. The summed E-state index contributed by atoms with van der Waals surface area (Å²) in [5.74, 6) is -1.16. The summed E-state index contributed by atoms with van der Waals surface area (Å²) < 4.78 is 0. The highest BCUT2D eigenvalue weighted by Crippen LogP contribution is 2.31. The predicted molar refractivity (Wildman–Crippen MR) is 108 cm³/mol. The molecule has 4 aliphatic heterocycles. The number of carbonyl (C=O) groups excluding carboxylic acids is 4. The van der Waals surface area contributed by atoms with Crippen molar-refractivity contribution in [2.75, 3.05) is 19.6 Å². The number of amides is 4. The van der Waals surface area contributed by atoms with Gasteiger partial charge in [-0.05, 0) is 68.9 Å². The molecule has 8 heteroatoms. The molecule has 2 N–H and O–H groups in total. The number of carbonyl (C=O) groups is 4. The summed E-state index contributed by atoms with van der Waals surface area (Å²) in [5.41, 5.74) is 1.71. The molecule has 4 amide bonds. The molecule has 1 aromatic carbocycles. The SMILES string of the molecule is O=C1CCC(N2C(=O)c3ccc(CN4CCC[C@H]5CNCC[C@@H]54)cc3C2=O)C(=O)N1. The molecule has 3 atom stereocenters. The van der Waals surface area contributed by atoms with Crippen LogP contribution in [-0.2, 0) is 16.1 Å². The zero-order valence-corrected chi connectivity index (χ0v) is 16.9. The van der Waals surface area contributed by atoms with Gasteiger partial charge in [-0.15, -0.1) is 0 Å². The van der Waals surface area contributed by atoms with Gasteiger partial charge in [-0.1, -0.05) is 6.07 Å². The van der Waals surface area contributed by atoms with Crippen molar-refractivity contribution in [2.45, 2.75) is 50.7 Å². The van der Waals surface area contributed by atoms with Crippen molar-refractivity contribution in [1.29, 1.82) is 0 Å². The van der Waals surface area contributed by atoms with Gasteiger partial charge in [0.1, 0.15) is 6.04 Å². The first kappa shape index (κ1) is 19.4. The second kappa shape index (κ2) is 7.59. The average molecular weight is 410 g/mol. The van der Waals surface area contributed by atoms with E-state index in [1.807, 2.05) is 12.1 Å². The minimum atomic E-state index is -0.920. The van der Waals surface area contributed by atoms with Gasteiger partial charge in [0.25, 0.3) is 11.8 Å². The molecule has 0 radical (unpaired) electrons. The van der Waals surface area contributed by atoms with Crippen LogP contribution >= 0.6 is 0 Å². The van der Waals surface area contributed by atoms with E-state index >= 15 is 0 Å². The molecule has 3 fully saturated rings. The Kier molecular flexibility index (Phi) is 4.91. The van der Waals surface area contributed by atoms with Gasteiger partial charge in [0.05, 0.1) is 11.1 Å². The van der Waals surface area contributed by atoms with Gasteiger partial charge in [0.2, 0.25) is 11.8 Å². The monoisotopic (exact) mass is 410 g/mol. The van der Waals surface area contributed by atoms with Crippen molar-refractivity contribution < 1.29 is 19.2 Å². The molecule has 0 aliphatic carbocycles. The third-order valence-corrected chi connectivity index (χ3v) is 6.95. The molecule has 0 spiro atoms. The summed E-state index contributed by atoms with van der Waals surface area (Å²) in [7, 11) is 0. The Hall–Kier alpha value is -2.58. The second-order valence-electron chi connectivity index (χ2n) is 8.76. The molecular weight excluding hydrogens is 384 g/mol. The van der Waals surface area contributed by atoms with Gasteiger partial charge < -0.3 is 5.32 Å². The van der Waals surface area contributed by atoms with Gasteiger partial charge in [-0.3, -0.25) is 34.3 Å². The van der Waals surface area contributed by atoms with Crippen molar-refractivity contribution in [1.82, 2.24) is 20.4 Å². The summed E-state index contributed by atoms with van der Waals surface area (Å²) >= 11 is 0. The number of likely N-dealkylation sites (tertiary alicyclic amines) is 1. The minimum Gasteiger partial charge on any atom is -0.316 e. The second-order valence-corrected chi connectivity index (χ2v) is 8.76. The van der Waals surface area contributed by atoms with Crippen LogP contribution in [0.2, 0.25) is 0 Å². The number of nitrogens with one attached hydrogen (secondary N) is 2. The lowest BCUT2D eigenvalue weighted by Crippen LogP contribution is -2.54. The Morgan fingerprint density at radius 2 is 1.83 bits per heavy atom. The summed E-state index contributed by atoms with van der Waals surface area (Å²) in [6.07, 6.45) is 3.87. The quantitative estimate of drug-likeness (QED) is 0.711. The summed E-state index contributed by atoms with van der Waals surface area (Å²) in [4.78, 5) is 53.0. The predicted octanol–water partition coefficient (Wildman–Crippen LogP) is 0.662. The van der Waals surface area contributed by atoms with Crippen LogP contribution in [0.3, 0.4) is 0 Å². The molecular formula is C22H26N4O4. The highest BCUT2D eigenvalue weighted by Gasteiger charge is 2.44. The number of hydrogen-bond donors (Lipinski definition) is 2. The Balaban J connectivity index is 1.36. The lowest BCUT2D eigenvalue weighted by Gasteiger charge is -2.44. The van der Waals surface area contributed by atoms with Gasteiger partial charge in [0, 0.05) is 19.0 Å². The fourth-order valence-corrected chi connectivity index (χ4v) is 5.45. The Bertz CT molecular complexity index is 928. The third-order valence-electron chi connectivity index (χ3n) is 6.95. The zero-order valence-electron chi connectivity index (χ0n) is 16.9. The molecule has 30 heavy (non-hydrogen) atoms. The molecule has 0 aromatic heterocycles. The van der Waals surface area contributed by atoms with Crippen molar-refractivity contribution in [3.63, 3.8) is 0 Å². The Morgan fingerprint density at radius 3 is 2.67 bits per heavy atom. The van der Waals surface area contributed by atoms with Crippen LogP contribution in [0, 0.1) is 5.92 Å². The highest BCUT2D eigenvalue weighted by molar-refractivity contribution is 6.23. The number of piperidine rings is 3. The van der Waals surface area contributed by atoms with E-state index in [9.17, 15) is 19.2 Å². The van der Waals surface area contributed by atoms with Crippen LogP contribution in [0.1, 0.15) is 58.4 Å². The Morgan fingerprint density at radius 1 is 1.00 bits per heavy atom. The number of rotatable bonds is 3. The van der Waals surface area contributed by atoms with Crippen LogP contribution in [0.5, 0.6) is 0 Å². The van der Waals surface area contributed by atoms with Crippen molar-refractivity contribution in [3.8, 4) is 0 Å². The molecule has 4 heterocycles. The first-order valence-electron chi connectivity index (χ1n) is 10.8. The van der Waals surface area contributed by atoms with E-state index < -0.39 is 23.8 Å². The van der Waals surface area contributed by atoms with E-state index in [2.05, 4.69) is 15.5 Å². The number of nitrogens with zero attached hydrogens (tertiary/aromatic N) is 2. The summed E-state index contributed by atoms with van der Waals surface area (Å²) in [5, 5.41) is 5.72. The van der Waals surface area contributed by atoms with Gasteiger partial charge in [-0.25, -0.2) is 0 Å². The van der Waals surface area contributed by atoms with Gasteiger partial charge in [-0.2, -0.15) is 0 Å². The van der Waals surface area contributed by atoms with Crippen molar-refractivity contribution >= 4 is 23.6 Å². The lowest BCUT2D eigenvalue weighted by molar-refractivity contribution is -0.136. The normalized spacial score (nSPS) is 29.6. The topological polar surface area (TPSA) is 98.8 Å². The van der Waals surface area contributed by atoms with Crippen LogP contribution in [0.4, 0.5) is 0 Å². The first-order valence-corrected chi connectivity index (χ1v) is 10.8. The smallest absolute Gasteiger partial charge is 0.262 e. The maximum absolute atomic E-state index is 13.0. The molecule has 4 aliphatic rings. The molecule has 5 rings (SSSR count). The lowest BCUT2D eigenvalue weighted by atomic mass is 9.84. The average Bonchev–Trinajstić information content (AvgIpc) is 2.99. The van der Waals surface area contributed by atoms with E-state index in [0.29, 0.717) is 23.1 Å². The van der Waals surface area contributed by atoms with Crippen molar-refractivity contribution in [3.05, 3.63) is 34.9 Å². The van der Waals surface area contributed by atoms with E-state index in [4.69, 9.17) is 0 Å². The number of fused-ring (bicyclic) bond motifs is 2. The number of hydrogen-bond acceptors (Lipinski definition) is 6. The third kappa shape index (κ3) is 3.24. The maximum atomic E-state index is 13.0. The van der Waals surface area contributed by atoms with Crippen LogP contribution < -0.4 is 10.6 Å². The zero-order chi connectivity index (χ0) is 20.8. The summed E-state index contributed by atoms with van der Waals surface area (Å²) in [6.45, 7) is 3.91. The molecule has 158 valence electrons. The van der Waals surface area contributed by atoms with E-state index in [-0.39, 0.29) is 18.7 Å². The minimum absolute atomic E-state index is 0.126. The molecule has 1 unspecified atom stereocenters. The standard InChI is InChI=1S/C22H26N4O4/c27-19-6-5-18(20(28)24-19)26-21(29)15-4-3-13(10-16(15)22(26)30)12-25-9-1-2-14-11-23-8-7-17(14)25/h3-4,10,14,17-18,23H,1-2,5-9,11-12H2,(H,24,27,28)/t14-,17-,18?/m0/s1. The van der Waals surface area contributed by atoms with Crippen LogP contribution in [0.25, 0.3) is 0 Å². The molecule has 0 bridgehead atoms. The van der Waals surface area contributed by atoms with Crippen molar-refractivity contribution in [2.24, 2.45) is 5.92 Å². The number of benzene rings is 1. The van der Waals surface area contributed by atoms with E-state index in [0.717, 1.165) is 43.1 Å². The molecule has 8 nitrogen and oxygen atoms in total. The van der Waals surface area contributed by atoms with Crippen LogP contribution in [-0.4, -0.2) is 65.1 Å². The van der Waals surface area contributed by atoms with E-state index in [1.54, 1.807) is 6.07 Å². The fourth-order valence-electron chi connectivity index (χ4n) is 5.45. The Labute approximate surface area is 175 Å². The number of imide groups is 2. The summed E-state index contributed by atoms with van der Waals surface area (Å²) in [6, 6.07) is 5.08. The molecule has 3 saturated heterocycles. The highest BCUT2D eigenvalue weighted by atomic mass is 16.2. The van der Waals surface area contributed by atoms with Gasteiger partial charge in [0.15, 0.2) is 0 Å². The molecule has 0 saturated carbocycles. The van der Waals surface area contributed by atoms with Crippen LogP contribution in [0.15, 0.2) is 18.2 Å². The first-order chi connectivity index (χ1) is 14.5. The maximum Gasteiger partial charge on any atom is 0.262 e. The van der Waals surface area contributed by atoms with Gasteiger partial charge >= 0.3 is 0 Å². The fraction of sp³-hybridized carbons (Fsp3) is 0.545. The largest absolute Gasteiger partial charge is 0.316 e.